The van der Waals surface area contributed by atoms with Crippen LogP contribution in [-0.2, 0) is 16.0 Å². The molecule has 1 aromatic carbocycles. The summed E-state index contributed by atoms with van der Waals surface area (Å²) >= 11 is 0. The van der Waals surface area contributed by atoms with Gasteiger partial charge in [-0.1, -0.05) is 42.5 Å². The van der Waals surface area contributed by atoms with Crippen molar-refractivity contribution >= 4 is 12.0 Å². The second-order valence-corrected chi connectivity index (χ2v) is 9.81. The quantitative estimate of drug-likeness (QED) is 0.710. The van der Waals surface area contributed by atoms with Crippen molar-refractivity contribution in [2.75, 3.05) is 7.05 Å². The van der Waals surface area contributed by atoms with E-state index in [1.54, 1.807) is 7.05 Å². The van der Waals surface area contributed by atoms with Gasteiger partial charge in [0.15, 0.2) is 0 Å². The van der Waals surface area contributed by atoms with Gasteiger partial charge in [0, 0.05) is 23.7 Å². The number of hydrogen-bond acceptors (Lipinski definition) is 4. The van der Waals surface area contributed by atoms with Gasteiger partial charge in [-0.05, 0) is 71.1 Å². The number of rotatable bonds is 6. The Hall–Kier alpha value is -2.60. The highest BCUT2D eigenvalue weighted by Gasteiger charge is 2.54. The second kappa shape index (κ2) is 9.10. The van der Waals surface area contributed by atoms with Crippen LogP contribution in [0.1, 0.15) is 45.6 Å². The topological polar surface area (TPSA) is 70.7 Å². The molecule has 3 aliphatic rings. The first-order chi connectivity index (χ1) is 15.3. The Morgan fingerprint density at radius 1 is 1.25 bits per heavy atom. The third kappa shape index (κ3) is 4.46. The van der Waals surface area contributed by atoms with E-state index in [0.29, 0.717) is 0 Å². The molecule has 1 aromatic rings. The molecule has 2 unspecified atom stereocenters. The Morgan fingerprint density at radius 3 is 2.66 bits per heavy atom. The molecule has 2 saturated heterocycles. The number of carbonyl (C=O) groups is 2. The van der Waals surface area contributed by atoms with Gasteiger partial charge in [0.05, 0.1) is 6.04 Å². The van der Waals surface area contributed by atoms with Gasteiger partial charge in [-0.3, -0.25) is 4.79 Å². The molecule has 1 aliphatic carbocycles. The zero-order chi connectivity index (χ0) is 22.9. The summed E-state index contributed by atoms with van der Waals surface area (Å²) in [5.41, 5.74) is 1.55. The van der Waals surface area contributed by atoms with Gasteiger partial charge in [-0.15, -0.1) is 0 Å². The van der Waals surface area contributed by atoms with Crippen LogP contribution in [-0.4, -0.2) is 47.7 Å². The highest BCUT2D eigenvalue weighted by Crippen LogP contribution is 2.47. The molecule has 32 heavy (non-hydrogen) atoms. The van der Waals surface area contributed by atoms with Crippen molar-refractivity contribution in [1.29, 1.82) is 0 Å². The van der Waals surface area contributed by atoms with E-state index in [1.807, 2.05) is 37.8 Å². The van der Waals surface area contributed by atoms with E-state index >= 15 is 0 Å². The van der Waals surface area contributed by atoms with E-state index < -0.39 is 5.60 Å². The lowest BCUT2D eigenvalue weighted by atomic mass is 9.71. The molecule has 2 N–H and O–H groups in total. The Kier molecular flexibility index (Phi) is 6.42. The van der Waals surface area contributed by atoms with Gasteiger partial charge in [0.1, 0.15) is 5.60 Å². The summed E-state index contributed by atoms with van der Waals surface area (Å²) in [4.78, 5) is 27.2. The average molecular weight is 438 g/mol. The number of nitrogens with zero attached hydrogens (tertiary/aromatic N) is 1. The summed E-state index contributed by atoms with van der Waals surface area (Å²) < 4.78 is 6.01. The van der Waals surface area contributed by atoms with E-state index in [9.17, 15) is 9.59 Å². The lowest BCUT2D eigenvalue weighted by Gasteiger charge is -2.50. The zero-order valence-electron chi connectivity index (χ0n) is 19.5. The smallest absolute Gasteiger partial charge is 0.410 e. The van der Waals surface area contributed by atoms with Gasteiger partial charge in [-0.25, -0.2) is 4.79 Å². The molecule has 0 radical (unpaired) electrons. The standard InChI is InChI=1S/C26H35N3O3/c1-17(27-4)24(30)28-20-12-10-19(11-13-20)23-22-15-14-21(16-18-8-6-5-7-9-18)29(22)25(31)32-26(23,2)3/h5-10,12-13,17,19,21-23,27H,11,14-16H2,1-4H3,(H,28,30)/t17-,19?,21-,22+,23?/m1/s1. The molecule has 2 amide bonds. The second-order valence-electron chi connectivity index (χ2n) is 9.81. The first-order valence-corrected chi connectivity index (χ1v) is 11.7. The molecular weight excluding hydrogens is 402 g/mol. The van der Waals surface area contributed by atoms with Crippen LogP contribution < -0.4 is 10.6 Å². The Labute approximate surface area is 191 Å². The maximum absolute atomic E-state index is 13.0. The number of nitrogens with one attached hydrogen (secondary N) is 2. The molecule has 4 rings (SSSR count). The molecule has 172 valence electrons. The minimum atomic E-state index is -0.538. The number of fused-ring (bicyclic) bond motifs is 1. The predicted octanol–water partition coefficient (Wildman–Crippen LogP) is 3.79. The predicted molar refractivity (Wildman–Crippen MR) is 125 cm³/mol. The van der Waals surface area contributed by atoms with Crippen LogP contribution in [0.25, 0.3) is 0 Å². The van der Waals surface area contributed by atoms with Crippen molar-refractivity contribution in [3.05, 3.63) is 59.8 Å². The van der Waals surface area contributed by atoms with Crippen molar-refractivity contribution in [2.45, 2.75) is 70.2 Å². The lowest BCUT2D eigenvalue weighted by Crippen LogP contribution is -2.60. The molecule has 0 bridgehead atoms. The minimum Gasteiger partial charge on any atom is -0.443 e. The van der Waals surface area contributed by atoms with E-state index in [0.717, 1.165) is 31.4 Å². The fraction of sp³-hybridized carbons (Fsp3) is 0.538. The summed E-state index contributed by atoms with van der Waals surface area (Å²) in [6, 6.07) is 10.5. The summed E-state index contributed by atoms with van der Waals surface area (Å²) in [7, 11) is 1.77. The molecule has 5 atom stereocenters. The molecule has 2 heterocycles. The fourth-order valence-corrected chi connectivity index (χ4v) is 5.62. The molecular formula is C26H35N3O3. The van der Waals surface area contributed by atoms with Crippen LogP contribution in [0.2, 0.25) is 0 Å². The van der Waals surface area contributed by atoms with E-state index in [4.69, 9.17) is 4.74 Å². The van der Waals surface area contributed by atoms with Crippen molar-refractivity contribution in [1.82, 2.24) is 15.5 Å². The first-order valence-electron chi connectivity index (χ1n) is 11.7. The monoisotopic (exact) mass is 437 g/mol. The summed E-state index contributed by atoms with van der Waals surface area (Å²) in [6.07, 6.45) is 9.78. The molecule has 6 nitrogen and oxygen atoms in total. The Bertz CT molecular complexity index is 908. The van der Waals surface area contributed by atoms with Gasteiger partial charge >= 0.3 is 6.09 Å². The van der Waals surface area contributed by atoms with E-state index in [-0.39, 0.29) is 42.0 Å². The normalized spacial score (nSPS) is 29.7. The van der Waals surface area contributed by atoms with E-state index in [1.165, 1.54) is 5.56 Å². The fourth-order valence-electron chi connectivity index (χ4n) is 5.62. The van der Waals surface area contributed by atoms with Crippen LogP contribution in [0.3, 0.4) is 0 Å². The Morgan fingerprint density at radius 2 is 2.00 bits per heavy atom. The van der Waals surface area contributed by atoms with Crippen LogP contribution in [0.15, 0.2) is 54.3 Å². The number of cyclic esters (lactones) is 1. The minimum absolute atomic E-state index is 0.0421. The number of benzene rings is 1. The maximum atomic E-state index is 13.0. The van der Waals surface area contributed by atoms with Gasteiger partial charge < -0.3 is 20.3 Å². The third-order valence-electron chi connectivity index (χ3n) is 7.33. The van der Waals surface area contributed by atoms with Crippen molar-refractivity contribution < 1.29 is 14.3 Å². The van der Waals surface area contributed by atoms with Crippen LogP contribution >= 0.6 is 0 Å². The number of allylic oxidation sites excluding steroid dienone is 3. The maximum Gasteiger partial charge on any atom is 0.410 e. The highest BCUT2D eigenvalue weighted by atomic mass is 16.6. The van der Waals surface area contributed by atoms with E-state index in [2.05, 4.69) is 47.1 Å². The summed E-state index contributed by atoms with van der Waals surface area (Å²) in [6.45, 7) is 5.92. The summed E-state index contributed by atoms with van der Waals surface area (Å²) in [5, 5.41) is 5.94. The first kappa shape index (κ1) is 22.6. The molecule has 2 fully saturated rings. The van der Waals surface area contributed by atoms with Crippen LogP contribution in [0.5, 0.6) is 0 Å². The average Bonchev–Trinajstić information content (AvgIpc) is 3.17. The van der Waals surface area contributed by atoms with Crippen molar-refractivity contribution in [3.63, 3.8) is 0 Å². The van der Waals surface area contributed by atoms with Crippen LogP contribution in [0.4, 0.5) is 4.79 Å². The number of ether oxygens (including phenoxy) is 1. The molecule has 2 aliphatic heterocycles. The highest BCUT2D eigenvalue weighted by molar-refractivity contribution is 5.83. The van der Waals surface area contributed by atoms with Crippen molar-refractivity contribution in [2.24, 2.45) is 11.8 Å². The molecule has 0 saturated carbocycles. The Balaban J connectivity index is 1.48. The van der Waals surface area contributed by atoms with Crippen molar-refractivity contribution in [3.8, 4) is 0 Å². The molecule has 6 heteroatoms. The number of hydrogen-bond donors (Lipinski definition) is 2. The lowest BCUT2D eigenvalue weighted by molar-refractivity contribution is -0.121. The van der Waals surface area contributed by atoms with Gasteiger partial charge in [-0.2, -0.15) is 0 Å². The van der Waals surface area contributed by atoms with Crippen LogP contribution in [0, 0.1) is 11.8 Å². The summed E-state index contributed by atoms with van der Waals surface area (Å²) in [5.74, 6) is 0.407. The third-order valence-corrected chi connectivity index (χ3v) is 7.33. The van der Waals surface area contributed by atoms with Gasteiger partial charge in [0.2, 0.25) is 5.91 Å². The molecule has 0 spiro atoms. The number of amides is 2. The van der Waals surface area contributed by atoms with Gasteiger partial charge in [0.25, 0.3) is 0 Å². The number of carbonyl (C=O) groups excluding carboxylic acids is 2. The molecule has 0 aromatic heterocycles. The zero-order valence-corrected chi connectivity index (χ0v) is 19.5. The largest absolute Gasteiger partial charge is 0.443 e. The number of likely N-dealkylation sites (N-methyl/N-ethyl adjacent to an activating group) is 1. The SMILES string of the molecule is CN[C@H](C)C(=O)NC1=CCC(C2[C@@H]3CC[C@H](Cc4ccccc4)N3C(=O)OC2(C)C)C=C1.